The van der Waals surface area contributed by atoms with Crippen molar-refractivity contribution in [2.75, 3.05) is 11.9 Å². The first-order chi connectivity index (χ1) is 15.9. The predicted octanol–water partition coefficient (Wildman–Crippen LogP) is 5.45. The van der Waals surface area contributed by atoms with Gasteiger partial charge in [-0.3, -0.25) is 14.4 Å². The average molecular weight is 509 g/mol. The summed E-state index contributed by atoms with van der Waals surface area (Å²) in [7, 11) is 0. The molecule has 2 aromatic rings. The van der Waals surface area contributed by atoms with E-state index in [0.717, 1.165) is 0 Å². The molecule has 7 nitrogen and oxygen atoms in total. The third-order valence-electron chi connectivity index (χ3n) is 4.47. The van der Waals surface area contributed by atoms with E-state index in [9.17, 15) is 14.4 Å². The highest BCUT2D eigenvalue weighted by Crippen LogP contribution is 2.33. The number of para-hydroxylation sites is 2. The van der Waals surface area contributed by atoms with Gasteiger partial charge in [-0.1, -0.05) is 47.5 Å². The maximum Gasteiger partial charge on any atom is 0.310 e. The van der Waals surface area contributed by atoms with E-state index < -0.39 is 23.6 Å². The zero-order valence-electron chi connectivity index (χ0n) is 19.7. The summed E-state index contributed by atoms with van der Waals surface area (Å²) in [6.07, 6.45) is -0.547. The van der Waals surface area contributed by atoms with Crippen LogP contribution in [0.5, 0.6) is 0 Å². The fourth-order valence-corrected chi connectivity index (χ4v) is 3.46. The number of carbonyl (C=O) groups is 3. The van der Waals surface area contributed by atoms with E-state index in [2.05, 4.69) is 10.6 Å². The molecule has 2 rings (SSSR count). The molecular formula is C25H30Cl2N2O5. The first kappa shape index (κ1) is 27.5. The van der Waals surface area contributed by atoms with Crippen molar-refractivity contribution in [3.8, 4) is 0 Å². The van der Waals surface area contributed by atoms with Crippen LogP contribution in [0.1, 0.15) is 46.1 Å². The molecule has 0 heterocycles. The predicted molar refractivity (Wildman–Crippen MR) is 134 cm³/mol. The number of ether oxygens (including phenoxy) is 2. The number of benzene rings is 2. The quantitative estimate of drug-likeness (QED) is 0.414. The Morgan fingerprint density at radius 1 is 0.941 bits per heavy atom. The number of hydrogen-bond acceptors (Lipinski definition) is 6. The van der Waals surface area contributed by atoms with Crippen LogP contribution in [0.4, 0.5) is 11.4 Å². The third kappa shape index (κ3) is 9.61. The van der Waals surface area contributed by atoms with Gasteiger partial charge >= 0.3 is 11.9 Å². The second kappa shape index (κ2) is 12.6. The van der Waals surface area contributed by atoms with Crippen molar-refractivity contribution in [2.24, 2.45) is 0 Å². The Morgan fingerprint density at radius 2 is 1.59 bits per heavy atom. The number of carbonyl (C=O) groups excluding carboxylic acids is 3. The molecule has 0 spiro atoms. The van der Waals surface area contributed by atoms with Gasteiger partial charge in [0.05, 0.1) is 35.1 Å². The average Bonchev–Trinajstić information content (AvgIpc) is 2.73. The van der Waals surface area contributed by atoms with Gasteiger partial charge in [0.25, 0.3) is 0 Å². The van der Waals surface area contributed by atoms with Crippen LogP contribution in [-0.4, -0.2) is 36.1 Å². The summed E-state index contributed by atoms with van der Waals surface area (Å²) < 4.78 is 10.6. The second-order valence-electron chi connectivity index (χ2n) is 8.75. The van der Waals surface area contributed by atoms with Crippen molar-refractivity contribution in [1.82, 2.24) is 5.32 Å². The minimum absolute atomic E-state index is 0.000764. The molecule has 0 saturated heterocycles. The first-order valence-electron chi connectivity index (χ1n) is 10.9. The number of amides is 1. The molecule has 1 amide bonds. The zero-order chi connectivity index (χ0) is 25.3. The largest absolute Gasteiger partial charge is 0.461 e. The molecular weight excluding hydrogens is 479 g/mol. The van der Waals surface area contributed by atoms with Gasteiger partial charge in [-0.25, -0.2) is 0 Å². The number of anilines is 2. The molecule has 1 unspecified atom stereocenters. The van der Waals surface area contributed by atoms with Crippen LogP contribution in [0.2, 0.25) is 10.0 Å². The Hall–Kier alpha value is -2.77. The van der Waals surface area contributed by atoms with Gasteiger partial charge < -0.3 is 20.1 Å². The lowest BCUT2D eigenvalue weighted by molar-refractivity contribution is -0.155. The summed E-state index contributed by atoms with van der Waals surface area (Å²) in [5, 5.41) is 6.76. The van der Waals surface area contributed by atoms with Gasteiger partial charge in [0.1, 0.15) is 11.7 Å². The molecule has 34 heavy (non-hydrogen) atoms. The number of esters is 2. The molecule has 0 fully saturated rings. The minimum atomic E-state index is -0.593. The van der Waals surface area contributed by atoms with E-state index in [1.54, 1.807) is 52.0 Å². The van der Waals surface area contributed by atoms with Crippen molar-refractivity contribution in [3.05, 3.63) is 58.1 Å². The highest BCUT2D eigenvalue weighted by atomic mass is 35.5. The number of rotatable bonds is 10. The number of hydrogen-bond donors (Lipinski definition) is 2. The summed E-state index contributed by atoms with van der Waals surface area (Å²) in [5.41, 5.74) is 1.34. The van der Waals surface area contributed by atoms with Gasteiger partial charge in [0, 0.05) is 12.1 Å². The number of nitrogens with one attached hydrogen (secondary N) is 2. The minimum Gasteiger partial charge on any atom is -0.461 e. The van der Waals surface area contributed by atoms with Crippen LogP contribution in [0.15, 0.2) is 42.5 Å². The van der Waals surface area contributed by atoms with E-state index in [0.29, 0.717) is 27.0 Å². The van der Waals surface area contributed by atoms with Crippen molar-refractivity contribution in [1.29, 1.82) is 0 Å². The van der Waals surface area contributed by atoms with Crippen molar-refractivity contribution < 1.29 is 23.9 Å². The molecule has 0 radical (unpaired) electrons. The molecule has 0 aromatic heterocycles. The van der Waals surface area contributed by atoms with Gasteiger partial charge in [0.2, 0.25) is 5.91 Å². The molecule has 0 saturated carbocycles. The Labute approximate surface area is 210 Å². The molecule has 1 atom stereocenters. The fraction of sp³-hybridized carbons (Fsp3) is 0.400. The van der Waals surface area contributed by atoms with Gasteiger partial charge in [-0.2, -0.15) is 0 Å². The molecule has 2 aromatic carbocycles. The monoisotopic (exact) mass is 508 g/mol. The lowest BCUT2D eigenvalue weighted by atomic mass is 10.1. The van der Waals surface area contributed by atoms with Gasteiger partial charge in [-0.05, 0) is 51.5 Å². The second-order valence-corrected chi connectivity index (χ2v) is 9.56. The Morgan fingerprint density at radius 3 is 2.24 bits per heavy atom. The fourth-order valence-electron chi connectivity index (χ4n) is 2.97. The summed E-state index contributed by atoms with van der Waals surface area (Å²) in [5.74, 6) is -1.21. The molecule has 2 N–H and O–H groups in total. The standard InChI is InChI=1S/C25H30Cl2N2O5/c1-16(15-28-21(30)12-13-22(31)34-25(2,3)4)33-23(32)14-17-8-5-6-11-20(17)29-24-18(26)9-7-10-19(24)27/h5-11,16,29H,12-15H2,1-4H3,(H,28,30). The molecule has 184 valence electrons. The summed E-state index contributed by atoms with van der Waals surface area (Å²) in [6.45, 7) is 7.11. The number of halogens is 2. The Bertz CT molecular complexity index is 1000. The SMILES string of the molecule is CC(CNC(=O)CCC(=O)OC(C)(C)C)OC(=O)Cc1ccccc1Nc1c(Cl)cccc1Cl. The first-order valence-corrected chi connectivity index (χ1v) is 11.7. The molecule has 0 aliphatic rings. The normalized spacial score (nSPS) is 11.9. The highest BCUT2D eigenvalue weighted by molar-refractivity contribution is 6.39. The summed E-state index contributed by atoms with van der Waals surface area (Å²) in [4.78, 5) is 36.2. The molecule has 9 heteroatoms. The van der Waals surface area contributed by atoms with E-state index in [1.165, 1.54) is 0 Å². The van der Waals surface area contributed by atoms with Crippen molar-refractivity contribution in [3.63, 3.8) is 0 Å². The maximum absolute atomic E-state index is 12.5. The van der Waals surface area contributed by atoms with E-state index >= 15 is 0 Å². The van der Waals surface area contributed by atoms with Crippen LogP contribution in [0.25, 0.3) is 0 Å². The van der Waals surface area contributed by atoms with Crippen LogP contribution < -0.4 is 10.6 Å². The lowest BCUT2D eigenvalue weighted by Gasteiger charge is -2.19. The third-order valence-corrected chi connectivity index (χ3v) is 5.10. The topological polar surface area (TPSA) is 93.7 Å². The molecule has 0 aliphatic heterocycles. The van der Waals surface area contributed by atoms with Gasteiger partial charge in [0.15, 0.2) is 0 Å². The van der Waals surface area contributed by atoms with Crippen LogP contribution in [0.3, 0.4) is 0 Å². The van der Waals surface area contributed by atoms with Crippen molar-refractivity contribution >= 4 is 52.4 Å². The Balaban J connectivity index is 1.84. The van der Waals surface area contributed by atoms with Crippen LogP contribution >= 0.6 is 23.2 Å². The van der Waals surface area contributed by atoms with E-state index in [4.69, 9.17) is 32.7 Å². The zero-order valence-corrected chi connectivity index (χ0v) is 21.3. The smallest absolute Gasteiger partial charge is 0.310 e. The summed E-state index contributed by atoms with van der Waals surface area (Å²) >= 11 is 12.5. The van der Waals surface area contributed by atoms with Crippen molar-refractivity contribution in [2.45, 2.75) is 58.7 Å². The van der Waals surface area contributed by atoms with Crippen LogP contribution in [-0.2, 0) is 30.3 Å². The molecule has 0 aliphatic carbocycles. The summed E-state index contributed by atoms with van der Waals surface area (Å²) in [6, 6.07) is 12.4. The molecule has 0 bridgehead atoms. The lowest BCUT2D eigenvalue weighted by Crippen LogP contribution is -2.34. The highest BCUT2D eigenvalue weighted by Gasteiger charge is 2.18. The van der Waals surface area contributed by atoms with E-state index in [-0.39, 0.29) is 31.7 Å². The van der Waals surface area contributed by atoms with E-state index in [1.807, 2.05) is 18.2 Å². The van der Waals surface area contributed by atoms with Gasteiger partial charge in [-0.15, -0.1) is 0 Å². The Kier molecular flexibility index (Phi) is 10.2. The maximum atomic E-state index is 12.5. The van der Waals surface area contributed by atoms with Crippen LogP contribution in [0, 0.1) is 0 Å².